The molecule has 0 aromatic rings. The standard InChI is InChI=1S/C13H22N2O4/c16-11(17)13(5-3-1-2-4-6-13)14-12(18)15-7-9-19-10-8-15/h1-10H2,(H,14,18)(H,16,17). The van der Waals surface area contributed by atoms with E-state index in [1.165, 1.54) is 0 Å². The minimum absolute atomic E-state index is 0.271. The Morgan fingerprint density at radius 2 is 1.63 bits per heavy atom. The molecule has 2 amide bonds. The summed E-state index contributed by atoms with van der Waals surface area (Å²) in [6, 6.07) is -0.271. The molecule has 2 fully saturated rings. The van der Waals surface area contributed by atoms with Gasteiger partial charge in [0, 0.05) is 13.1 Å². The Morgan fingerprint density at radius 3 is 2.16 bits per heavy atom. The summed E-state index contributed by atoms with van der Waals surface area (Å²) in [5.74, 6) is -0.906. The van der Waals surface area contributed by atoms with E-state index < -0.39 is 11.5 Å². The van der Waals surface area contributed by atoms with Gasteiger partial charge in [-0.1, -0.05) is 25.7 Å². The molecule has 6 nitrogen and oxygen atoms in total. The molecule has 2 N–H and O–H groups in total. The third-order valence-electron chi connectivity index (χ3n) is 4.01. The van der Waals surface area contributed by atoms with Gasteiger partial charge in [-0.15, -0.1) is 0 Å². The number of nitrogens with one attached hydrogen (secondary N) is 1. The third kappa shape index (κ3) is 3.37. The second kappa shape index (κ2) is 6.23. The molecule has 0 spiro atoms. The molecule has 0 aromatic heterocycles. The molecule has 1 saturated heterocycles. The topological polar surface area (TPSA) is 78.9 Å². The lowest BCUT2D eigenvalue weighted by Crippen LogP contribution is -2.59. The fourth-order valence-corrected chi connectivity index (χ4v) is 2.77. The van der Waals surface area contributed by atoms with E-state index in [0.29, 0.717) is 39.1 Å². The van der Waals surface area contributed by atoms with Crippen LogP contribution >= 0.6 is 0 Å². The van der Waals surface area contributed by atoms with Gasteiger partial charge in [-0.05, 0) is 12.8 Å². The van der Waals surface area contributed by atoms with Crippen LogP contribution in [-0.4, -0.2) is 53.8 Å². The molecule has 0 aromatic carbocycles. The van der Waals surface area contributed by atoms with E-state index in [9.17, 15) is 14.7 Å². The van der Waals surface area contributed by atoms with E-state index in [1.54, 1.807) is 4.90 Å². The molecule has 6 heteroatoms. The van der Waals surface area contributed by atoms with Crippen molar-refractivity contribution < 1.29 is 19.4 Å². The first-order valence-corrected chi connectivity index (χ1v) is 7.02. The average molecular weight is 270 g/mol. The summed E-state index contributed by atoms with van der Waals surface area (Å²) in [5, 5.41) is 12.3. The van der Waals surface area contributed by atoms with Gasteiger partial charge in [0.15, 0.2) is 0 Å². The monoisotopic (exact) mass is 270 g/mol. The van der Waals surface area contributed by atoms with E-state index in [4.69, 9.17) is 4.74 Å². The van der Waals surface area contributed by atoms with Gasteiger partial charge in [-0.2, -0.15) is 0 Å². The average Bonchev–Trinajstić information content (AvgIpc) is 2.66. The molecule has 108 valence electrons. The summed E-state index contributed by atoms with van der Waals surface area (Å²) in [5.41, 5.74) is -1.08. The zero-order valence-corrected chi connectivity index (χ0v) is 11.2. The summed E-state index contributed by atoms with van der Waals surface area (Å²) in [7, 11) is 0. The van der Waals surface area contributed by atoms with Crippen LogP contribution in [0.2, 0.25) is 0 Å². The highest BCUT2D eigenvalue weighted by Crippen LogP contribution is 2.27. The van der Waals surface area contributed by atoms with Gasteiger partial charge >= 0.3 is 12.0 Å². The van der Waals surface area contributed by atoms with Gasteiger partial charge in [0.1, 0.15) is 5.54 Å². The van der Waals surface area contributed by atoms with Crippen molar-refractivity contribution >= 4 is 12.0 Å². The number of hydrogen-bond donors (Lipinski definition) is 2. The summed E-state index contributed by atoms with van der Waals surface area (Å²) in [6.45, 7) is 2.10. The second-order valence-electron chi connectivity index (χ2n) is 5.33. The van der Waals surface area contributed by atoms with E-state index in [-0.39, 0.29) is 6.03 Å². The van der Waals surface area contributed by atoms with E-state index >= 15 is 0 Å². The fourth-order valence-electron chi connectivity index (χ4n) is 2.77. The van der Waals surface area contributed by atoms with Crippen LogP contribution in [0.1, 0.15) is 38.5 Å². The summed E-state index contributed by atoms with van der Waals surface area (Å²) in [6.07, 6.45) is 4.85. The molecule has 1 saturated carbocycles. The van der Waals surface area contributed by atoms with Gasteiger partial charge < -0.3 is 20.1 Å². The Balaban J connectivity index is 2.02. The van der Waals surface area contributed by atoms with Crippen LogP contribution in [0, 0.1) is 0 Å². The molecule has 19 heavy (non-hydrogen) atoms. The van der Waals surface area contributed by atoms with Crippen molar-refractivity contribution in [1.82, 2.24) is 10.2 Å². The molecule has 0 atom stereocenters. The fraction of sp³-hybridized carbons (Fsp3) is 0.846. The number of amides is 2. The smallest absolute Gasteiger partial charge is 0.329 e. The van der Waals surface area contributed by atoms with Crippen LogP contribution in [0.5, 0.6) is 0 Å². The Labute approximate surface area is 113 Å². The number of hydrogen-bond acceptors (Lipinski definition) is 3. The SMILES string of the molecule is O=C(NC1(C(=O)O)CCCCCC1)N1CCOCC1. The molecule has 0 bridgehead atoms. The molecule has 1 aliphatic heterocycles. The van der Waals surface area contributed by atoms with E-state index in [0.717, 1.165) is 25.7 Å². The molecule has 1 aliphatic carbocycles. The first-order chi connectivity index (χ1) is 9.14. The molecule has 0 radical (unpaired) electrons. The zero-order chi connectivity index (χ0) is 13.7. The van der Waals surface area contributed by atoms with Gasteiger partial charge in [0.2, 0.25) is 0 Å². The summed E-state index contributed by atoms with van der Waals surface area (Å²) < 4.78 is 5.19. The lowest BCUT2D eigenvalue weighted by Gasteiger charge is -2.34. The molecular weight excluding hydrogens is 248 g/mol. The molecular formula is C13H22N2O4. The largest absolute Gasteiger partial charge is 0.480 e. The number of carbonyl (C=O) groups excluding carboxylic acids is 1. The number of rotatable bonds is 2. The van der Waals surface area contributed by atoms with Gasteiger partial charge in [0.25, 0.3) is 0 Å². The Hall–Kier alpha value is -1.30. The minimum atomic E-state index is -1.08. The van der Waals surface area contributed by atoms with Crippen LogP contribution in [0.25, 0.3) is 0 Å². The first-order valence-electron chi connectivity index (χ1n) is 7.02. The highest BCUT2D eigenvalue weighted by molar-refractivity contribution is 5.86. The number of aliphatic carboxylic acids is 1. The van der Waals surface area contributed by atoms with Crippen molar-refractivity contribution in [2.24, 2.45) is 0 Å². The van der Waals surface area contributed by atoms with Gasteiger partial charge in [-0.25, -0.2) is 9.59 Å². The number of carboxylic acids is 1. The normalized spacial score (nSPS) is 23.5. The van der Waals surface area contributed by atoms with Crippen molar-refractivity contribution in [3.05, 3.63) is 0 Å². The van der Waals surface area contributed by atoms with Crippen molar-refractivity contribution in [3.8, 4) is 0 Å². The first kappa shape index (κ1) is 14.1. The number of carboxylic acid groups (broad SMARTS) is 1. The maximum Gasteiger partial charge on any atom is 0.329 e. The zero-order valence-electron chi connectivity index (χ0n) is 11.2. The van der Waals surface area contributed by atoms with Crippen molar-refractivity contribution in [1.29, 1.82) is 0 Å². The number of morpholine rings is 1. The maximum atomic E-state index is 12.2. The molecule has 0 unspecified atom stereocenters. The number of carbonyl (C=O) groups is 2. The van der Waals surface area contributed by atoms with E-state index in [2.05, 4.69) is 5.32 Å². The lowest BCUT2D eigenvalue weighted by atomic mass is 9.90. The second-order valence-corrected chi connectivity index (χ2v) is 5.33. The predicted molar refractivity (Wildman–Crippen MR) is 69.0 cm³/mol. The Bertz CT molecular complexity index is 332. The predicted octanol–water partition coefficient (Wildman–Crippen LogP) is 1.21. The molecule has 2 aliphatic rings. The lowest BCUT2D eigenvalue weighted by molar-refractivity contribution is -0.145. The Kier molecular flexibility index (Phi) is 4.63. The molecule has 1 heterocycles. The summed E-state index contributed by atoms with van der Waals surface area (Å²) in [4.78, 5) is 25.4. The number of nitrogens with zero attached hydrogens (tertiary/aromatic N) is 1. The van der Waals surface area contributed by atoms with Crippen molar-refractivity contribution in [3.63, 3.8) is 0 Å². The van der Waals surface area contributed by atoms with Crippen molar-refractivity contribution in [2.45, 2.75) is 44.1 Å². The minimum Gasteiger partial charge on any atom is -0.480 e. The quantitative estimate of drug-likeness (QED) is 0.739. The highest BCUT2D eigenvalue weighted by atomic mass is 16.5. The highest BCUT2D eigenvalue weighted by Gasteiger charge is 2.41. The van der Waals surface area contributed by atoms with Gasteiger partial charge in [0.05, 0.1) is 13.2 Å². The Morgan fingerprint density at radius 1 is 1.05 bits per heavy atom. The van der Waals surface area contributed by atoms with Crippen LogP contribution in [-0.2, 0) is 9.53 Å². The van der Waals surface area contributed by atoms with Crippen LogP contribution in [0.4, 0.5) is 4.79 Å². The van der Waals surface area contributed by atoms with Crippen LogP contribution < -0.4 is 5.32 Å². The summed E-state index contributed by atoms with van der Waals surface area (Å²) >= 11 is 0. The number of ether oxygens (including phenoxy) is 1. The van der Waals surface area contributed by atoms with Gasteiger partial charge in [-0.3, -0.25) is 0 Å². The van der Waals surface area contributed by atoms with Crippen LogP contribution in [0.15, 0.2) is 0 Å². The molecule has 2 rings (SSSR count). The van der Waals surface area contributed by atoms with Crippen molar-refractivity contribution in [2.75, 3.05) is 26.3 Å². The van der Waals surface area contributed by atoms with Crippen LogP contribution in [0.3, 0.4) is 0 Å². The maximum absolute atomic E-state index is 12.2. The number of urea groups is 1. The van der Waals surface area contributed by atoms with E-state index in [1.807, 2.05) is 0 Å². The third-order valence-corrected chi connectivity index (χ3v) is 4.01.